The highest BCUT2D eigenvalue weighted by molar-refractivity contribution is 8.68. The van der Waals surface area contributed by atoms with Crippen LogP contribution in [0.5, 0.6) is 0 Å². The molecule has 0 saturated heterocycles. The summed E-state index contributed by atoms with van der Waals surface area (Å²) in [5.41, 5.74) is 3.07. The van der Waals surface area contributed by atoms with Gasteiger partial charge in [0.25, 0.3) is 0 Å². The molecule has 16 heavy (non-hydrogen) atoms. The van der Waals surface area contributed by atoms with Crippen LogP contribution in [0.15, 0.2) is 6.20 Å². The van der Waals surface area contributed by atoms with E-state index >= 15 is 0 Å². The summed E-state index contributed by atoms with van der Waals surface area (Å²) in [6, 6.07) is -0.459. The van der Waals surface area contributed by atoms with Crippen molar-refractivity contribution in [2.45, 2.75) is 12.2 Å². The second kappa shape index (κ2) is 6.02. The molecule has 6 nitrogen and oxygen atoms in total. The predicted molar refractivity (Wildman–Crippen MR) is 67.4 cm³/mol. The normalized spacial score (nSPS) is 12.2. The minimum absolute atomic E-state index is 0.134. The summed E-state index contributed by atoms with van der Waals surface area (Å²) in [5, 5.41) is 6.87. The Hall–Kier alpha value is -0.860. The SMILES string of the molecule is CONC(=O)Nc1nn(C)cc1C(C)SS. The summed E-state index contributed by atoms with van der Waals surface area (Å²) in [6.45, 7) is 1.98. The molecule has 1 atom stereocenters. The van der Waals surface area contributed by atoms with Gasteiger partial charge in [-0.15, -0.1) is 11.7 Å². The fourth-order valence-corrected chi connectivity index (χ4v) is 1.81. The summed E-state index contributed by atoms with van der Waals surface area (Å²) < 4.78 is 1.64. The van der Waals surface area contributed by atoms with Gasteiger partial charge in [0.05, 0.1) is 7.11 Å². The van der Waals surface area contributed by atoms with E-state index in [2.05, 4.69) is 32.4 Å². The maximum atomic E-state index is 11.3. The number of urea groups is 1. The molecule has 0 aromatic carbocycles. The lowest BCUT2D eigenvalue weighted by atomic mass is 10.2. The van der Waals surface area contributed by atoms with E-state index in [0.717, 1.165) is 5.56 Å². The van der Waals surface area contributed by atoms with Crippen molar-refractivity contribution in [3.8, 4) is 0 Å². The number of hydroxylamine groups is 1. The van der Waals surface area contributed by atoms with Gasteiger partial charge < -0.3 is 0 Å². The number of nitrogens with zero attached hydrogens (tertiary/aromatic N) is 2. The Bertz CT molecular complexity index is 369. The molecule has 0 saturated carbocycles. The third kappa shape index (κ3) is 3.32. The van der Waals surface area contributed by atoms with Gasteiger partial charge in [0.15, 0.2) is 5.82 Å². The van der Waals surface area contributed by atoms with E-state index in [-0.39, 0.29) is 5.25 Å². The lowest BCUT2D eigenvalue weighted by Crippen LogP contribution is -2.28. The van der Waals surface area contributed by atoms with Gasteiger partial charge in [-0.05, 0) is 6.92 Å². The number of carbonyl (C=O) groups is 1. The van der Waals surface area contributed by atoms with Gasteiger partial charge in [-0.25, -0.2) is 10.3 Å². The molecule has 1 unspecified atom stereocenters. The second-order valence-corrected chi connectivity index (χ2v) is 4.67. The molecule has 2 N–H and O–H groups in total. The first-order valence-corrected chi connectivity index (χ1v) is 6.45. The molecule has 90 valence electrons. The van der Waals surface area contributed by atoms with Crippen molar-refractivity contribution < 1.29 is 9.63 Å². The molecule has 0 radical (unpaired) electrons. The largest absolute Gasteiger partial charge is 0.344 e. The van der Waals surface area contributed by atoms with Crippen molar-refractivity contribution in [3.05, 3.63) is 11.8 Å². The second-order valence-electron chi connectivity index (χ2n) is 3.11. The van der Waals surface area contributed by atoms with E-state index in [9.17, 15) is 4.79 Å². The van der Waals surface area contributed by atoms with Crippen LogP contribution in [-0.4, -0.2) is 22.9 Å². The van der Waals surface area contributed by atoms with Gasteiger partial charge in [0.1, 0.15) is 0 Å². The zero-order valence-corrected chi connectivity index (χ0v) is 10.9. The fourth-order valence-electron chi connectivity index (χ4n) is 1.18. The van der Waals surface area contributed by atoms with Crippen LogP contribution in [0.2, 0.25) is 0 Å². The number of hydrogen-bond acceptors (Lipinski definition) is 5. The Labute approximate surface area is 103 Å². The quantitative estimate of drug-likeness (QED) is 0.439. The molecule has 0 bridgehead atoms. The Morgan fingerprint density at radius 3 is 3.00 bits per heavy atom. The molecular weight excluding hydrogens is 248 g/mol. The third-order valence-electron chi connectivity index (χ3n) is 1.88. The molecule has 1 aromatic heterocycles. The fraction of sp³-hybridized carbons (Fsp3) is 0.500. The van der Waals surface area contributed by atoms with Crippen LogP contribution in [0.25, 0.3) is 0 Å². The summed E-state index contributed by atoms with van der Waals surface area (Å²) in [7, 11) is 4.54. The van der Waals surface area contributed by atoms with Crippen LogP contribution < -0.4 is 10.8 Å². The summed E-state index contributed by atoms with van der Waals surface area (Å²) >= 11 is 4.14. The molecule has 8 heteroatoms. The molecule has 1 heterocycles. The molecule has 0 aliphatic heterocycles. The zero-order valence-electron chi connectivity index (χ0n) is 9.22. The van der Waals surface area contributed by atoms with Gasteiger partial charge in [0.2, 0.25) is 0 Å². The van der Waals surface area contributed by atoms with Gasteiger partial charge in [0, 0.05) is 24.1 Å². The van der Waals surface area contributed by atoms with E-state index in [1.54, 1.807) is 11.7 Å². The van der Waals surface area contributed by atoms with Crippen LogP contribution in [0.4, 0.5) is 10.6 Å². The molecule has 0 aliphatic rings. The molecule has 0 fully saturated rings. The van der Waals surface area contributed by atoms with E-state index < -0.39 is 6.03 Å². The highest BCUT2D eigenvalue weighted by Gasteiger charge is 2.16. The number of carbonyl (C=O) groups excluding carboxylic acids is 1. The summed E-state index contributed by atoms with van der Waals surface area (Å²) in [6.07, 6.45) is 1.84. The monoisotopic (exact) mass is 262 g/mol. The first kappa shape index (κ1) is 13.2. The standard InChI is InChI=1S/C8H14N4O2S2/c1-5(16-15)6-4-12(2)10-7(6)9-8(13)11-14-3/h4-5,15H,1-3H3,(H2,9,10,11,13). The maximum Gasteiger partial charge on any atom is 0.344 e. The number of hydrogen-bond donors (Lipinski definition) is 3. The van der Waals surface area contributed by atoms with Crippen molar-refractivity contribution >= 4 is 34.3 Å². The van der Waals surface area contributed by atoms with Crippen LogP contribution >= 0.6 is 22.5 Å². The van der Waals surface area contributed by atoms with Gasteiger partial charge in [-0.1, -0.05) is 10.8 Å². The Morgan fingerprint density at radius 1 is 1.75 bits per heavy atom. The lowest BCUT2D eigenvalue weighted by Gasteiger charge is -2.08. The summed E-state index contributed by atoms with van der Waals surface area (Å²) in [5.74, 6) is 0.506. The first-order chi connectivity index (χ1) is 7.58. The highest BCUT2D eigenvalue weighted by Crippen LogP contribution is 2.34. The number of rotatable bonds is 4. The summed E-state index contributed by atoms with van der Waals surface area (Å²) in [4.78, 5) is 15.8. The zero-order chi connectivity index (χ0) is 12.1. The Kier molecular flexibility index (Phi) is 4.97. The average molecular weight is 262 g/mol. The van der Waals surface area contributed by atoms with Crippen LogP contribution in [-0.2, 0) is 11.9 Å². The van der Waals surface area contributed by atoms with Crippen LogP contribution in [0.1, 0.15) is 17.7 Å². The first-order valence-electron chi connectivity index (χ1n) is 4.52. The molecule has 1 rings (SSSR count). The van der Waals surface area contributed by atoms with Crippen molar-refractivity contribution in [2.75, 3.05) is 12.4 Å². The topological polar surface area (TPSA) is 68.2 Å². The number of aromatic nitrogens is 2. The van der Waals surface area contributed by atoms with Crippen molar-refractivity contribution in [3.63, 3.8) is 0 Å². The number of amides is 2. The van der Waals surface area contributed by atoms with Gasteiger partial charge >= 0.3 is 6.03 Å². The van der Waals surface area contributed by atoms with E-state index in [4.69, 9.17) is 0 Å². The Morgan fingerprint density at radius 2 is 2.44 bits per heavy atom. The molecule has 0 aliphatic carbocycles. The minimum atomic E-state index is -0.459. The van der Waals surface area contributed by atoms with E-state index in [1.165, 1.54) is 17.9 Å². The predicted octanol–water partition coefficient (Wildman–Crippen LogP) is 1.74. The molecule has 0 spiro atoms. The molecule has 2 amide bonds. The Balaban J connectivity index is 2.82. The number of aryl methyl sites for hydroxylation is 1. The molecular formula is C8H14N4O2S2. The maximum absolute atomic E-state index is 11.3. The van der Waals surface area contributed by atoms with Crippen LogP contribution in [0.3, 0.4) is 0 Å². The highest BCUT2D eigenvalue weighted by atomic mass is 33.1. The number of anilines is 1. The number of nitrogens with one attached hydrogen (secondary N) is 2. The average Bonchev–Trinajstić information content (AvgIpc) is 2.58. The minimum Gasteiger partial charge on any atom is -0.289 e. The van der Waals surface area contributed by atoms with Crippen molar-refractivity contribution in [1.29, 1.82) is 0 Å². The lowest BCUT2D eigenvalue weighted by molar-refractivity contribution is 0.114. The van der Waals surface area contributed by atoms with Gasteiger partial charge in [-0.2, -0.15) is 5.10 Å². The molecule has 1 aromatic rings. The van der Waals surface area contributed by atoms with Crippen LogP contribution in [0, 0.1) is 0 Å². The van der Waals surface area contributed by atoms with Gasteiger partial charge in [-0.3, -0.25) is 14.8 Å². The number of thiol groups is 1. The van der Waals surface area contributed by atoms with E-state index in [0.29, 0.717) is 5.82 Å². The van der Waals surface area contributed by atoms with E-state index in [1.807, 2.05) is 13.1 Å². The smallest absolute Gasteiger partial charge is 0.289 e. The van der Waals surface area contributed by atoms with Crippen molar-refractivity contribution in [1.82, 2.24) is 15.3 Å². The van der Waals surface area contributed by atoms with Crippen molar-refractivity contribution in [2.24, 2.45) is 7.05 Å². The third-order valence-corrected chi connectivity index (χ3v) is 3.40.